The molecule has 0 spiro atoms. The van der Waals surface area contributed by atoms with E-state index in [4.69, 9.17) is 4.74 Å². The topological polar surface area (TPSA) is 38.3 Å². The number of ether oxygens (including phenoxy) is 1. The highest BCUT2D eigenvalue weighted by Crippen LogP contribution is 2.05. The van der Waals surface area contributed by atoms with E-state index in [1.54, 1.807) is 0 Å². The average Bonchev–Trinajstić information content (AvgIpc) is 2.31. The van der Waals surface area contributed by atoms with E-state index in [-0.39, 0.29) is 12.0 Å². The molecule has 0 amide bonds. The first-order valence-electron chi connectivity index (χ1n) is 4.10. The lowest BCUT2D eigenvalue weighted by atomic mass is 10.2. The molecular weight excluding hydrogens is 142 g/mol. The lowest BCUT2D eigenvalue weighted by Gasteiger charge is -2.09. The SMILES string of the molecule is CC(C)CN[C@@H]1CCOC1=O. The Bertz CT molecular complexity index is 145. The van der Waals surface area contributed by atoms with Crippen LogP contribution in [0.4, 0.5) is 0 Å². The highest BCUT2D eigenvalue weighted by Gasteiger charge is 2.25. The molecule has 1 aliphatic rings. The van der Waals surface area contributed by atoms with Gasteiger partial charge in [0, 0.05) is 6.42 Å². The molecule has 3 nitrogen and oxygen atoms in total. The number of carbonyl (C=O) groups is 1. The van der Waals surface area contributed by atoms with Crippen LogP contribution < -0.4 is 5.32 Å². The monoisotopic (exact) mass is 157 g/mol. The summed E-state index contributed by atoms with van der Waals surface area (Å²) in [6, 6.07) is -0.0441. The lowest BCUT2D eigenvalue weighted by molar-refractivity contribution is -0.139. The zero-order chi connectivity index (χ0) is 8.27. The van der Waals surface area contributed by atoms with Gasteiger partial charge in [-0.3, -0.25) is 4.79 Å². The summed E-state index contributed by atoms with van der Waals surface area (Å²) in [4.78, 5) is 10.9. The van der Waals surface area contributed by atoms with Crippen molar-refractivity contribution in [1.29, 1.82) is 0 Å². The van der Waals surface area contributed by atoms with Gasteiger partial charge in [0.25, 0.3) is 0 Å². The first kappa shape index (κ1) is 8.53. The third kappa shape index (κ3) is 2.50. The molecule has 11 heavy (non-hydrogen) atoms. The molecule has 0 aromatic heterocycles. The maximum atomic E-state index is 10.9. The van der Waals surface area contributed by atoms with Crippen molar-refractivity contribution in [3.63, 3.8) is 0 Å². The lowest BCUT2D eigenvalue weighted by Crippen LogP contribution is -2.35. The highest BCUT2D eigenvalue weighted by molar-refractivity contribution is 5.77. The van der Waals surface area contributed by atoms with Gasteiger partial charge in [0.2, 0.25) is 0 Å². The fraction of sp³-hybridized carbons (Fsp3) is 0.875. The second-order valence-corrected chi connectivity index (χ2v) is 3.31. The van der Waals surface area contributed by atoms with Crippen LogP contribution in [0.25, 0.3) is 0 Å². The van der Waals surface area contributed by atoms with Crippen molar-refractivity contribution in [3.05, 3.63) is 0 Å². The number of rotatable bonds is 3. The minimum Gasteiger partial charge on any atom is -0.464 e. The van der Waals surface area contributed by atoms with Crippen LogP contribution in [0.15, 0.2) is 0 Å². The molecule has 1 saturated heterocycles. The molecule has 0 radical (unpaired) electrons. The molecule has 1 fully saturated rings. The summed E-state index contributed by atoms with van der Waals surface area (Å²) in [5, 5.41) is 3.16. The molecule has 1 N–H and O–H groups in total. The van der Waals surface area contributed by atoms with Crippen LogP contribution in [0.2, 0.25) is 0 Å². The molecule has 0 bridgehead atoms. The molecule has 64 valence electrons. The summed E-state index contributed by atoms with van der Waals surface area (Å²) < 4.78 is 4.80. The van der Waals surface area contributed by atoms with Crippen molar-refractivity contribution >= 4 is 5.97 Å². The highest BCUT2D eigenvalue weighted by atomic mass is 16.5. The predicted molar refractivity (Wildman–Crippen MR) is 42.2 cm³/mol. The third-order valence-corrected chi connectivity index (χ3v) is 1.71. The molecule has 3 heteroatoms. The summed E-state index contributed by atoms with van der Waals surface area (Å²) in [5.41, 5.74) is 0. The van der Waals surface area contributed by atoms with Gasteiger partial charge in [-0.25, -0.2) is 0 Å². The molecule has 0 aliphatic carbocycles. The fourth-order valence-corrected chi connectivity index (χ4v) is 1.06. The van der Waals surface area contributed by atoms with Crippen molar-refractivity contribution in [2.24, 2.45) is 5.92 Å². The van der Waals surface area contributed by atoms with Crippen molar-refractivity contribution in [3.8, 4) is 0 Å². The normalized spacial score (nSPS) is 24.3. The summed E-state index contributed by atoms with van der Waals surface area (Å²) in [6.45, 7) is 5.70. The predicted octanol–water partition coefficient (Wildman–Crippen LogP) is 0.547. The van der Waals surface area contributed by atoms with Gasteiger partial charge in [-0.1, -0.05) is 13.8 Å². The van der Waals surface area contributed by atoms with Gasteiger partial charge in [0.15, 0.2) is 0 Å². The molecule has 0 aromatic rings. The Morgan fingerprint density at radius 2 is 2.45 bits per heavy atom. The Morgan fingerprint density at radius 3 is 2.91 bits per heavy atom. The molecule has 0 aromatic carbocycles. The van der Waals surface area contributed by atoms with E-state index < -0.39 is 0 Å². The molecule has 1 atom stereocenters. The Kier molecular flexibility index (Phi) is 2.88. The summed E-state index contributed by atoms with van der Waals surface area (Å²) in [7, 11) is 0. The van der Waals surface area contributed by atoms with Gasteiger partial charge in [-0.05, 0) is 12.5 Å². The number of esters is 1. The zero-order valence-corrected chi connectivity index (χ0v) is 7.09. The van der Waals surface area contributed by atoms with Crippen LogP contribution in [0.5, 0.6) is 0 Å². The number of hydrogen-bond acceptors (Lipinski definition) is 3. The van der Waals surface area contributed by atoms with Crippen molar-refractivity contribution in [2.45, 2.75) is 26.3 Å². The average molecular weight is 157 g/mol. The van der Waals surface area contributed by atoms with Crippen LogP contribution in [0.3, 0.4) is 0 Å². The van der Waals surface area contributed by atoms with E-state index in [0.717, 1.165) is 13.0 Å². The molecule has 0 unspecified atom stereocenters. The number of nitrogens with one attached hydrogen (secondary N) is 1. The van der Waals surface area contributed by atoms with Gasteiger partial charge >= 0.3 is 5.97 Å². The molecule has 1 rings (SSSR count). The molecular formula is C8H15NO2. The van der Waals surface area contributed by atoms with Crippen molar-refractivity contribution in [1.82, 2.24) is 5.32 Å². The minimum atomic E-state index is -0.0920. The van der Waals surface area contributed by atoms with Crippen LogP contribution in [-0.2, 0) is 9.53 Å². The maximum Gasteiger partial charge on any atom is 0.323 e. The molecule has 1 heterocycles. The van der Waals surface area contributed by atoms with Crippen molar-refractivity contribution < 1.29 is 9.53 Å². The van der Waals surface area contributed by atoms with Gasteiger partial charge < -0.3 is 10.1 Å². The number of cyclic esters (lactones) is 1. The largest absolute Gasteiger partial charge is 0.464 e. The Morgan fingerprint density at radius 1 is 1.73 bits per heavy atom. The standard InChI is InChI=1S/C8H15NO2/c1-6(2)5-9-7-3-4-11-8(7)10/h6-7,9H,3-5H2,1-2H3/t7-/m1/s1. The van der Waals surface area contributed by atoms with Gasteiger partial charge in [-0.2, -0.15) is 0 Å². The zero-order valence-electron chi connectivity index (χ0n) is 7.09. The summed E-state index contributed by atoms with van der Waals surface area (Å²) >= 11 is 0. The third-order valence-electron chi connectivity index (χ3n) is 1.71. The van der Waals surface area contributed by atoms with E-state index in [1.807, 2.05) is 0 Å². The van der Waals surface area contributed by atoms with Crippen LogP contribution in [-0.4, -0.2) is 25.2 Å². The Hall–Kier alpha value is -0.570. The molecule has 0 saturated carbocycles. The quantitative estimate of drug-likeness (QED) is 0.608. The van der Waals surface area contributed by atoms with E-state index >= 15 is 0 Å². The smallest absolute Gasteiger partial charge is 0.323 e. The second-order valence-electron chi connectivity index (χ2n) is 3.31. The van der Waals surface area contributed by atoms with Crippen molar-refractivity contribution in [2.75, 3.05) is 13.2 Å². The Balaban J connectivity index is 2.20. The van der Waals surface area contributed by atoms with Gasteiger partial charge in [-0.15, -0.1) is 0 Å². The number of hydrogen-bond donors (Lipinski definition) is 1. The Labute approximate surface area is 67.1 Å². The first-order chi connectivity index (χ1) is 5.20. The second kappa shape index (κ2) is 3.72. The van der Waals surface area contributed by atoms with Crippen LogP contribution >= 0.6 is 0 Å². The van der Waals surface area contributed by atoms with Crippen LogP contribution in [0, 0.1) is 5.92 Å². The van der Waals surface area contributed by atoms with E-state index in [0.29, 0.717) is 12.5 Å². The van der Waals surface area contributed by atoms with Crippen LogP contribution in [0.1, 0.15) is 20.3 Å². The van der Waals surface area contributed by atoms with Gasteiger partial charge in [0.05, 0.1) is 6.61 Å². The van der Waals surface area contributed by atoms with E-state index in [2.05, 4.69) is 19.2 Å². The van der Waals surface area contributed by atoms with Gasteiger partial charge in [0.1, 0.15) is 6.04 Å². The fourth-order valence-electron chi connectivity index (χ4n) is 1.06. The number of carbonyl (C=O) groups excluding carboxylic acids is 1. The minimum absolute atomic E-state index is 0.0441. The first-order valence-corrected chi connectivity index (χ1v) is 4.10. The summed E-state index contributed by atoms with van der Waals surface area (Å²) in [6.07, 6.45) is 0.825. The van der Waals surface area contributed by atoms with E-state index in [1.165, 1.54) is 0 Å². The summed E-state index contributed by atoms with van der Waals surface area (Å²) in [5.74, 6) is 0.494. The van der Waals surface area contributed by atoms with E-state index in [9.17, 15) is 4.79 Å². The maximum absolute atomic E-state index is 10.9. The molecule has 1 aliphatic heterocycles.